The second-order valence-electron chi connectivity index (χ2n) is 4.84. The van der Waals surface area contributed by atoms with E-state index in [1.807, 2.05) is 13.0 Å². The van der Waals surface area contributed by atoms with E-state index < -0.39 is 11.9 Å². The Morgan fingerprint density at radius 3 is 2.65 bits per heavy atom. The van der Waals surface area contributed by atoms with Crippen LogP contribution in [0.25, 0.3) is 0 Å². The third-order valence-electron chi connectivity index (χ3n) is 3.02. The number of nitrogens with zero attached hydrogens (tertiary/aromatic N) is 3. The first-order chi connectivity index (χ1) is 11.9. The van der Waals surface area contributed by atoms with Gasteiger partial charge in [-0.05, 0) is 18.6 Å². The topological polar surface area (TPSA) is 71.4 Å². The quantitative estimate of drug-likeness (QED) is 0.361. The Balaban J connectivity index is 0.00000338. The fourth-order valence-corrected chi connectivity index (χ4v) is 2.62. The van der Waals surface area contributed by atoms with Gasteiger partial charge in [-0.25, -0.2) is 9.97 Å². The molecule has 11 heteroatoms. The maximum atomic E-state index is 12.5. The summed E-state index contributed by atoms with van der Waals surface area (Å²) in [5.41, 5.74) is 0.0625. The maximum absolute atomic E-state index is 12.5. The van der Waals surface area contributed by atoms with Gasteiger partial charge in [0.2, 0.25) is 5.88 Å². The third-order valence-corrected chi connectivity index (χ3v) is 3.87. The van der Waals surface area contributed by atoms with E-state index in [1.165, 1.54) is 0 Å². The highest BCUT2D eigenvalue weighted by atomic mass is 127. The molecule has 2 aromatic heterocycles. The summed E-state index contributed by atoms with van der Waals surface area (Å²) in [6.45, 7) is 3.02. The van der Waals surface area contributed by atoms with E-state index in [0.717, 1.165) is 22.3 Å². The van der Waals surface area contributed by atoms with Crippen LogP contribution in [0.4, 0.5) is 13.2 Å². The van der Waals surface area contributed by atoms with Crippen LogP contribution >= 0.6 is 35.3 Å². The molecule has 0 saturated heterocycles. The Labute approximate surface area is 170 Å². The van der Waals surface area contributed by atoms with Crippen LogP contribution in [0.5, 0.6) is 5.88 Å². The number of pyridine rings is 1. The van der Waals surface area contributed by atoms with Gasteiger partial charge in [-0.2, -0.15) is 13.2 Å². The van der Waals surface area contributed by atoms with Gasteiger partial charge in [0.25, 0.3) is 0 Å². The van der Waals surface area contributed by atoms with E-state index in [4.69, 9.17) is 4.74 Å². The van der Waals surface area contributed by atoms with Gasteiger partial charge >= 0.3 is 6.18 Å². The van der Waals surface area contributed by atoms with Crippen LogP contribution < -0.4 is 15.4 Å². The summed E-state index contributed by atoms with van der Waals surface area (Å²) in [4.78, 5) is 11.7. The van der Waals surface area contributed by atoms with Gasteiger partial charge in [0, 0.05) is 31.2 Å². The summed E-state index contributed by atoms with van der Waals surface area (Å²) >= 11 is 0.950. The molecule has 0 atom stereocenters. The maximum Gasteiger partial charge on any atom is 0.434 e. The highest BCUT2D eigenvalue weighted by molar-refractivity contribution is 14.0. The lowest BCUT2D eigenvalue weighted by Gasteiger charge is -2.11. The highest BCUT2D eigenvalue weighted by Gasteiger charge is 2.33. The van der Waals surface area contributed by atoms with Crippen LogP contribution in [0.1, 0.15) is 23.2 Å². The molecule has 0 radical (unpaired) electrons. The van der Waals surface area contributed by atoms with Crippen molar-refractivity contribution in [2.45, 2.75) is 26.2 Å². The minimum Gasteiger partial charge on any atom is -0.478 e. The fraction of sp³-hybridized carbons (Fsp3) is 0.400. The number of guanidine groups is 1. The van der Waals surface area contributed by atoms with Crippen molar-refractivity contribution in [2.24, 2.45) is 4.99 Å². The molecule has 0 saturated carbocycles. The van der Waals surface area contributed by atoms with Crippen LogP contribution in [0, 0.1) is 0 Å². The monoisotopic (exact) mass is 501 g/mol. The summed E-state index contributed by atoms with van der Waals surface area (Å²) in [5, 5.41) is 7.34. The fourth-order valence-electron chi connectivity index (χ4n) is 1.88. The van der Waals surface area contributed by atoms with E-state index in [1.54, 1.807) is 19.3 Å². The van der Waals surface area contributed by atoms with Gasteiger partial charge in [-0.15, -0.1) is 35.3 Å². The lowest BCUT2D eigenvalue weighted by Crippen LogP contribution is -2.36. The molecule has 0 aliphatic carbocycles. The molecule has 2 N–H and O–H groups in total. The molecule has 0 amide bonds. The lowest BCUT2D eigenvalue weighted by atomic mass is 10.2. The van der Waals surface area contributed by atoms with Crippen molar-refractivity contribution in [1.82, 2.24) is 20.6 Å². The number of aromatic nitrogens is 2. The summed E-state index contributed by atoms with van der Waals surface area (Å²) in [6.07, 6.45) is -2.78. The Bertz CT molecular complexity index is 723. The van der Waals surface area contributed by atoms with Crippen LogP contribution in [-0.4, -0.2) is 29.6 Å². The standard InChI is InChI=1S/C15H18F3N5OS.HI/c1-3-24-12-6-10(4-5-20-12)7-21-14(19-2)22-8-13-23-11(9-25-13)15(16,17)18;/h4-6,9H,3,7-8H2,1-2H3,(H2,19,21,22);1H. The Hall–Kier alpha value is -1.63. The van der Waals surface area contributed by atoms with E-state index in [-0.39, 0.29) is 30.5 Å². The van der Waals surface area contributed by atoms with Crippen LogP contribution in [0.2, 0.25) is 0 Å². The Morgan fingerprint density at radius 2 is 2.04 bits per heavy atom. The minimum atomic E-state index is -4.42. The van der Waals surface area contributed by atoms with Gasteiger partial charge in [-0.1, -0.05) is 0 Å². The molecular weight excluding hydrogens is 482 g/mol. The Kier molecular flexibility index (Phi) is 9.05. The molecule has 0 unspecified atom stereocenters. The van der Waals surface area contributed by atoms with Crippen molar-refractivity contribution in [1.29, 1.82) is 0 Å². The SMILES string of the molecule is CCOc1cc(CNC(=NC)NCc2nc(C(F)(F)F)cs2)ccn1.I. The van der Waals surface area contributed by atoms with Crippen molar-refractivity contribution >= 4 is 41.3 Å². The number of alkyl halides is 3. The second kappa shape index (κ2) is 10.5. The minimum absolute atomic E-state index is 0. The molecule has 144 valence electrons. The average Bonchev–Trinajstić information content (AvgIpc) is 3.05. The number of aliphatic imine (C=N–C) groups is 1. The zero-order chi connectivity index (χ0) is 18.3. The van der Waals surface area contributed by atoms with Gasteiger partial charge in [0.1, 0.15) is 5.01 Å². The molecule has 0 aliphatic heterocycles. The first-order valence-electron chi connectivity index (χ1n) is 7.46. The molecule has 0 fully saturated rings. The molecule has 26 heavy (non-hydrogen) atoms. The van der Waals surface area contributed by atoms with E-state index in [9.17, 15) is 13.2 Å². The van der Waals surface area contributed by atoms with Crippen molar-refractivity contribution in [3.05, 3.63) is 40.0 Å². The average molecular weight is 501 g/mol. The van der Waals surface area contributed by atoms with Gasteiger partial charge in [-0.3, -0.25) is 4.99 Å². The number of hydrogen-bond donors (Lipinski definition) is 2. The second-order valence-corrected chi connectivity index (χ2v) is 5.78. The van der Waals surface area contributed by atoms with Gasteiger partial charge in [0.05, 0.1) is 13.2 Å². The highest BCUT2D eigenvalue weighted by Crippen LogP contribution is 2.29. The molecule has 0 bridgehead atoms. The largest absolute Gasteiger partial charge is 0.478 e. The first-order valence-corrected chi connectivity index (χ1v) is 8.34. The molecule has 0 spiro atoms. The molecule has 6 nitrogen and oxygen atoms in total. The number of hydrogen-bond acceptors (Lipinski definition) is 5. The van der Waals surface area contributed by atoms with Gasteiger partial charge in [0.15, 0.2) is 11.7 Å². The van der Waals surface area contributed by atoms with Crippen molar-refractivity contribution in [3.8, 4) is 5.88 Å². The Morgan fingerprint density at radius 1 is 1.31 bits per heavy atom. The molecule has 2 aromatic rings. The van der Waals surface area contributed by atoms with Crippen molar-refractivity contribution in [2.75, 3.05) is 13.7 Å². The summed E-state index contributed by atoms with van der Waals surface area (Å²) in [5.74, 6) is 0.991. The number of rotatable bonds is 6. The normalized spacial score (nSPS) is 11.7. The van der Waals surface area contributed by atoms with Crippen LogP contribution in [-0.2, 0) is 19.3 Å². The van der Waals surface area contributed by atoms with Crippen LogP contribution in [0.15, 0.2) is 28.7 Å². The summed E-state index contributed by atoms with van der Waals surface area (Å²) < 4.78 is 42.9. The molecule has 0 aromatic carbocycles. The van der Waals surface area contributed by atoms with Crippen molar-refractivity contribution < 1.29 is 17.9 Å². The number of halogens is 4. The third kappa shape index (κ3) is 6.94. The van der Waals surface area contributed by atoms with E-state index in [0.29, 0.717) is 30.0 Å². The molecular formula is C15H19F3IN5OS. The molecule has 2 heterocycles. The first kappa shape index (κ1) is 22.4. The summed E-state index contributed by atoms with van der Waals surface area (Å²) in [7, 11) is 1.58. The predicted octanol–water partition coefficient (Wildman–Crippen LogP) is 3.44. The van der Waals surface area contributed by atoms with Crippen LogP contribution in [0.3, 0.4) is 0 Å². The molecule has 2 rings (SSSR count). The zero-order valence-electron chi connectivity index (χ0n) is 14.1. The predicted molar refractivity (Wildman–Crippen MR) is 105 cm³/mol. The molecule has 0 aliphatic rings. The van der Waals surface area contributed by atoms with E-state index in [2.05, 4.69) is 25.6 Å². The lowest BCUT2D eigenvalue weighted by molar-refractivity contribution is -0.140. The zero-order valence-corrected chi connectivity index (χ0v) is 17.3. The number of thiazole rings is 1. The smallest absolute Gasteiger partial charge is 0.434 e. The van der Waals surface area contributed by atoms with E-state index >= 15 is 0 Å². The number of nitrogens with one attached hydrogen (secondary N) is 2. The van der Waals surface area contributed by atoms with Crippen molar-refractivity contribution in [3.63, 3.8) is 0 Å². The number of ether oxygens (including phenoxy) is 1. The summed E-state index contributed by atoms with van der Waals surface area (Å²) in [6, 6.07) is 3.64. The van der Waals surface area contributed by atoms with Gasteiger partial charge < -0.3 is 15.4 Å².